The number of phenols is 1. The van der Waals surface area contributed by atoms with Crippen LogP contribution in [0.3, 0.4) is 0 Å². The van der Waals surface area contributed by atoms with Crippen molar-refractivity contribution >= 4 is 5.91 Å². The number of amides is 1. The fourth-order valence-electron chi connectivity index (χ4n) is 1.94. The SMILES string of the molecule is CC(=O)NC(C)C1Cc2ccc(O)cc2O1. The van der Waals surface area contributed by atoms with Gasteiger partial charge in [0.05, 0.1) is 6.04 Å². The van der Waals surface area contributed by atoms with Gasteiger partial charge in [-0.1, -0.05) is 6.07 Å². The molecule has 4 heteroatoms. The lowest BCUT2D eigenvalue weighted by Gasteiger charge is -2.19. The second-order valence-corrected chi connectivity index (χ2v) is 4.14. The predicted octanol–water partition coefficient (Wildman–Crippen LogP) is 1.22. The van der Waals surface area contributed by atoms with E-state index >= 15 is 0 Å². The first-order valence-electron chi connectivity index (χ1n) is 5.32. The van der Waals surface area contributed by atoms with Gasteiger partial charge < -0.3 is 15.2 Å². The Morgan fingerprint density at radius 1 is 1.62 bits per heavy atom. The molecule has 1 aromatic carbocycles. The Morgan fingerprint density at radius 3 is 3.06 bits per heavy atom. The minimum absolute atomic E-state index is 0.0351. The predicted molar refractivity (Wildman–Crippen MR) is 59.5 cm³/mol. The zero-order valence-electron chi connectivity index (χ0n) is 9.36. The largest absolute Gasteiger partial charge is 0.508 e. The minimum atomic E-state index is -0.0603. The van der Waals surface area contributed by atoms with Crippen molar-refractivity contribution in [2.75, 3.05) is 0 Å². The van der Waals surface area contributed by atoms with Crippen molar-refractivity contribution in [2.24, 2.45) is 0 Å². The molecule has 86 valence electrons. The quantitative estimate of drug-likeness (QED) is 0.789. The van der Waals surface area contributed by atoms with Crippen molar-refractivity contribution in [1.29, 1.82) is 0 Å². The minimum Gasteiger partial charge on any atom is -0.508 e. The number of benzene rings is 1. The summed E-state index contributed by atoms with van der Waals surface area (Å²) >= 11 is 0. The van der Waals surface area contributed by atoms with Gasteiger partial charge in [0.2, 0.25) is 5.91 Å². The fraction of sp³-hybridized carbons (Fsp3) is 0.417. The smallest absolute Gasteiger partial charge is 0.217 e. The summed E-state index contributed by atoms with van der Waals surface area (Å²) in [4.78, 5) is 10.9. The van der Waals surface area contributed by atoms with Crippen molar-refractivity contribution in [1.82, 2.24) is 5.32 Å². The van der Waals surface area contributed by atoms with Crippen LogP contribution in [0.5, 0.6) is 11.5 Å². The highest BCUT2D eigenvalue weighted by atomic mass is 16.5. The monoisotopic (exact) mass is 221 g/mol. The summed E-state index contributed by atoms with van der Waals surface area (Å²) in [6.07, 6.45) is 0.706. The molecule has 0 spiro atoms. The van der Waals surface area contributed by atoms with Gasteiger partial charge in [-0.2, -0.15) is 0 Å². The number of hydrogen-bond acceptors (Lipinski definition) is 3. The van der Waals surface area contributed by atoms with Crippen molar-refractivity contribution in [3.05, 3.63) is 23.8 Å². The molecule has 4 nitrogen and oxygen atoms in total. The number of hydrogen-bond donors (Lipinski definition) is 2. The van der Waals surface area contributed by atoms with Crippen LogP contribution in [-0.2, 0) is 11.2 Å². The Kier molecular flexibility index (Phi) is 2.73. The maximum Gasteiger partial charge on any atom is 0.217 e. The van der Waals surface area contributed by atoms with Gasteiger partial charge in [0.15, 0.2) is 0 Å². The molecule has 0 radical (unpaired) electrons. The van der Waals surface area contributed by atoms with Crippen molar-refractivity contribution in [2.45, 2.75) is 32.4 Å². The van der Waals surface area contributed by atoms with Crippen LogP contribution >= 0.6 is 0 Å². The lowest BCUT2D eigenvalue weighted by Crippen LogP contribution is -2.42. The maximum absolute atomic E-state index is 10.9. The van der Waals surface area contributed by atoms with Gasteiger partial charge in [-0.25, -0.2) is 0 Å². The summed E-state index contributed by atoms with van der Waals surface area (Å²) < 4.78 is 5.68. The van der Waals surface area contributed by atoms with Gasteiger partial charge in [0.1, 0.15) is 17.6 Å². The number of nitrogens with one attached hydrogen (secondary N) is 1. The first-order valence-corrected chi connectivity index (χ1v) is 5.32. The van der Waals surface area contributed by atoms with Crippen LogP contribution in [0.2, 0.25) is 0 Å². The Labute approximate surface area is 94.2 Å². The average molecular weight is 221 g/mol. The second kappa shape index (κ2) is 4.04. The average Bonchev–Trinajstić information content (AvgIpc) is 2.59. The van der Waals surface area contributed by atoms with Crippen molar-refractivity contribution in [3.8, 4) is 11.5 Å². The molecule has 0 bridgehead atoms. The molecule has 1 aliphatic heterocycles. The fourth-order valence-corrected chi connectivity index (χ4v) is 1.94. The molecule has 1 amide bonds. The van der Waals surface area contributed by atoms with Crippen molar-refractivity contribution in [3.63, 3.8) is 0 Å². The standard InChI is InChI=1S/C12H15NO3/c1-7(13-8(2)14)11-5-9-3-4-10(15)6-12(9)16-11/h3-4,6-7,11,15H,5H2,1-2H3,(H,13,14). The normalized spacial score (nSPS) is 19.8. The van der Waals surface area contributed by atoms with Gasteiger partial charge >= 0.3 is 0 Å². The number of fused-ring (bicyclic) bond motifs is 1. The molecule has 16 heavy (non-hydrogen) atoms. The summed E-state index contributed by atoms with van der Waals surface area (Å²) in [6.45, 7) is 3.40. The van der Waals surface area contributed by atoms with Gasteiger partial charge in [-0.15, -0.1) is 0 Å². The molecular weight excluding hydrogens is 206 g/mol. The number of rotatable bonds is 2. The molecule has 2 N–H and O–H groups in total. The third-order valence-electron chi connectivity index (χ3n) is 2.74. The van der Waals surface area contributed by atoms with E-state index in [-0.39, 0.29) is 23.8 Å². The first-order chi connectivity index (χ1) is 7.56. The van der Waals surface area contributed by atoms with Gasteiger partial charge in [0, 0.05) is 19.4 Å². The Bertz CT molecular complexity index is 417. The highest BCUT2D eigenvalue weighted by Crippen LogP contribution is 2.32. The molecule has 2 rings (SSSR count). The van der Waals surface area contributed by atoms with E-state index in [2.05, 4.69) is 5.32 Å². The third-order valence-corrected chi connectivity index (χ3v) is 2.74. The van der Waals surface area contributed by atoms with Crippen LogP contribution in [-0.4, -0.2) is 23.2 Å². The van der Waals surface area contributed by atoms with Crippen LogP contribution in [0.1, 0.15) is 19.4 Å². The Morgan fingerprint density at radius 2 is 2.38 bits per heavy atom. The molecule has 0 saturated carbocycles. The lowest BCUT2D eigenvalue weighted by molar-refractivity contribution is -0.120. The molecular formula is C12H15NO3. The second-order valence-electron chi connectivity index (χ2n) is 4.14. The highest BCUT2D eigenvalue weighted by molar-refractivity contribution is 5.73. The van der Waals surface area contributed by atoms with E-state index in [1.165, 1.54) is 6.92 Å². The van der Waals surface area contributed by atoms with E-state index < -0.39 is 0 Å². The zero-order valence-corrected chi connectivity index (χ0v) is 9.36. The number of carbonyl (C=O) groups is 1. The molecule has 0 aromatic heterocycles. The van der Waals surface area contributed by atoms with Crippen LogP contribution in [0, 0.1) is 0 Å². The van der Waals surface area contributed by atoms with Crippen LogP contribution in [0.4, 0.5) is 0 Å². The first kappa shape index (κ1) is 10.8. The van der Waals surface area contributed by atoms with E-state index in [4.69, 9.17) is 4.74 Å². The molecule has 1 aromatic rings. The van der Waals surface area contributed by atoms with E-state index in [1.54, 1.807) is 12.1 Å². The summed E-state index contributed by atoms with van der Waals surface area (Å²) in [5, 5.41) is 12.1. The number of phenolic OH excluding ortho intramolecular Hbond substituents is 1. The highest BCUT2D eigenvalue weighted by Gasteiger charge is 2.28. The Hall–Kier alpha value is -1.71. The van der Waals surface area contributed by atoms with E-state index in [9.17, 15) is 9.90 Å². The maximum atomic E-state index is 10.9. The summed E-state index contributed by atoms with van der Waals surface area (Å²) in [7, 11) is 0. The summed E-state index contributed by atoms with van der Waals surface area (Å²) in [5.41, 5.74) is 1.07. The van der Waals surface area contributed by atoms with E-state index in [0.29, 0.717) is 5.75 Å². The molecule has 2 unspecified atom stereocenters. The zero-order chi connectivity index (χ0) is 11.7. The lowest BCUT2D eigenvalue weighted by atomic mass is 10.1. The number of aromatic hydroxyl groups is 1. The van der Waals surface area contributed by atoms with Gasteiger partial charge in [-0.05, 0) is 18.6 Å². The van der Waals surface area contributed by atoms with Crippen molar-refractivity contribution < 1.29 is 14.6 Å². The molecule has 1 heterocycles. The summed E-state index contributed by atoms with van der Waals surface area (Å²) in [6, 6.07) is 5.07. The summed E-state index contributed by atoms with van der Waals surface area (Å²) in [5.74, 6) is 0.851. The third kappa shape index (κ3) is 2.10. The number of carbonyl (C=O) groups excluding carboxylic acids is 1. The van der Waals surface area contributed by atoms with Crippen LogP contribution in [0.15, 0.2) is 18.2 Å². The number of ether oxygens (including phenoxy) is 1. The Balaban J connectivity index is 2.07. The molecule has 0 aliphatic carbocycles. The molecule has 2 atom stereocenters. The van der Waals surface area contributed by atoms with Gasteiger partial charge in [0.25, 0.3) is 0 Å². The topological polar surface area (TPSA) is 58.6 Å². The van der Waals surface area contributed by atoms with Crippen LogP contribution < -0.4 is 10.1 Å². The molecule has 1 aliphatic rings. The van der Waals surface area contributed by atoms with E-state index in [0.717, 1.165) is 12.0 Å². The van der Waals surface area contributed by atoms with Crippen LogP contribution in [0.25, 0.3) is 0 Å². The molecule has 0 saturated heterocycles. The van der Waals surface area contributed by atoms with E-state index in [1.807, 2.05) is 13.0 Å². The molecule has 0 fully saturated rings. The van der Waals surface area contributed by atoms with Gasteiger partial charge in [-0.3, -0.25) is 4.79 Å².